The van der Waals surface area contributed by atoms with E-state index in [4.69, 9.17) is 0 Å². The zero-order valence-corrected chi connectivity index (χ0v) is 18.7. The van der Waals surface area contributed by atoms with Gasteiger partial charge in [0.1, 0.15) is 5.75 Å². The fourth-order valence-corrected chi connectivity index (χ4v) is 5.47. The van der Waals surface area contributed by atoms with Gasteiger partial charge in [0.25, 0.3) is 0 Å². The minimum atomic E-state index is 0.428. The predicted octanol–water partition coefficient (Wildman–Crippen LogP) is 5.06. The van der Waals surface area contributed by atoms with Gasteiger partial charge in [-0.25, -0.2) is 0 Å². The van der Waals surface area contributed by atoms with Crippen LogP contribution in [0.1, 0.15) is 60.8 Å². The molecule has 1 aromatic heterocycles. The number of aromatic hydroxyl groups is 1. The standard InChI is InChI=1S/C26H37N3O/c1-20-14-24(15-21(2)26(20)30)19-28(18-23-6-5-11-27-16-23)17-22-9-12-29(13-10-22)25-7-3-4-8-25/h5-6,11,14-16,22,25,30H,3-4,7-10,12-13,17-19H2,1-2H3. The normalized spacial score (nSPS) is 19.0. The van der Waals surface area contributed by atoms with Crippen molar-refractivity contribution in [2.24, 2.45) is 5.92 Å². The summed E-state index contributed by atoms with van der Waals surface area (Å²) >= 11 is 0. The molecule has 1 saturated carbocycles. The highest BCUT2D eigenvalue weighted by Crippen LogP contribution is 2.29. The number of pyridine rings is 1. The highest BCUT2D eigenvalue weighted by Gasteiger charge is 2.28. The molecule has 1 aliphatic heterocycles. The van der Waals surface area contributed by atoms with Gasteiger partial charge in [-0.15, -0.1) is 0 Å². The molecule has 0 amide bonds. The molecular weight excluding hydrogens is 370 g/mol. The molecule has 2 fully saturated rings. The van der Waals surface area contributed by atoms with Crippen molar-refractivity contribution in [1.29, 1.82) is 0 Å². The van der Waals surface area contributed by atoms with Crippen LogP contribution in [0.3, 0.4) is 0 Å². The monoisotopic (exact) mass is 407 g/mol. The van der Waals surface area contributed by atoms with Crippen LogP contribution in [-0.2, 0) is 13.1 Å². The fraction of sp³-hybridized carbons (Fsp3) is 0.577. The smallest absolute Gasteiger partial charge is 0.121 e. The minimum Gasteiger partial charge on any atom is -0.507 e. The second-order valence-electron chi connectivity index (χ2n) is 9.53. The van der Waals surface area contributed by atoms with E-state index in [1.807, 2.05) is 32.3 Å². The third-order valence-electron chi connectivity index (χ3n) is 7.09. The van der Waals surface area contributed by atoms with Gasteiger partial charge in [-0.05, 0) is 86.9 Å². The molecular formula is C26H37N3O. The first-order valence-corrected chi connectivity index (χ1v) is 11.7. The largest absolute Gasteiger partial charge is 0.507 e. The van der Waals surface area contributed by atoms with Crippen LogP contribution < -0.4 is 0 Å². The summed E-state index contributed by atoms with van der Waals surface area (Å²) in [5, 5.41) is 10.1. The van der Waals surface area contributed by atoms with Gasteiger partial charge in [-0.2, -0.15) is 0 Å². The third-order valence-corrected chi connectivity index (χ3v) is 7.09. The van der Waals surface area contributed by atoms with Crippen LogP contribution in [0.5, 0.6) is 5.75 Å². The molecule has 1 N–H and O–H groups in total. The first-order valence-electron chi connectivity index (χ1n) is 11.7. The summed E-state index contributed by atoms with van der Waals surface area (Å²) in [6.07, 6.45) is 12.1. The summed E-state index contributed by atoms with van der Waals surface area (Å²) in [5.74, 6) is 1.19. The topological polar surface area (TPSA) is 39.6 Å². The van der Waals surface area contributed by atoms with E-state index in [1.54, 1.807) is 0 Å². The molecule has 2 aromatic rings. The Kier molecular flexibility index (Phi) is 7.06. The Morgan fingerprint density at radius 1 is 1.00 bits per heavy atom. The maximum Gasteiger partial charge on any atom is 0.121 e. The average Bonchev–Trinajstić information content (AvgIpc) is 3.28. The van der Waals surface area contributed by atoms with Gasteiger partial charge in [0.2, 0.25) is 0 Å². The van der Waals surface area contributed by atoms with Crippen LogP contribution in [0, 0.1) is 19.8 Å². The fourth-order valence-electron chi connectivity index (χ4n) is 5.47. The maximum atomic E-state index is 10.1. The quantitative estimate of drug-likeness (QED) is 0.696. The zero-order valence-electron chi connectivity index (χ0n) is 18.7. The lowest BCUT2D eigenvalue weighted by atomic mass is 9.94. The number of benzene rings is 1. The molecule has 4 heteroatoms. The number of aromatic nitrogens is 1. The van der Waals surface area contributed by atoms with Crippen LogP contribution in [0.4, 0.5) is 0 Å². The Balaban J connectivity index is 1.41. The lowest BCUT2D eigenvalue weighted by Gasteiger charge is -2.38. The van der Waals surface area contributed by atoms with E-state index in [0.29, 0.717) is 5.75 Å². The van der Waals surface area contributed by atoms with Crippen LogP contribution in [0.15, 0.2) is 36.7 Å². The molecule has 162 valence electrons. The summed E-state index contributed by atoms with van der Waals surface area (Å²) in [6, 6.07) is 9.35. The van der Waals surface area contributed by atoms with Gasteiger partial charge >= 0.3 is 0 Å². The van der Waals surface area contributed by atoms with Crippen molar-refractivity contribution in [2.75, 3.05) is 19.6 Å². The van der Waals surface area contributed by atoms with Crippen molar-refractivity contribution >= 4 is 0 Å². The minimum absolute atomic E-state index is 0.428. The zero-order chi connectivity index (χ0) is 20.9. The van der Waals surface area contributed by atoms with E-state index in [1.165, 1.54) is 62.7 Å². The average molecular weight is 408 g/mol. The van der Waals surface area contributed by atoms with Crippen molar-refractivity contribution < 1.29 is 5.11 Å². The molecule has 0 unspecified atom stereocenters. The third kappa shape index (κ3) is 5.41. The highest BCUT2D eigenvalue weighted by molar-refractivity contribution is 5.42. The summed E-state index contributed by atoms with van der Waals surface area (Å²) < 4.78 is 0. The molecule has 4 rings (SSSR count). The number of phenols is 1. The molecule has 2 heterocycles. The number of phenolic OH excluding ortho intramolecular Hbond substituents is 1. The first kappa shape index (κ1) is 21.3. The molecule has 2 aliphatic rings. The summed E-state index contributed by atoms with van der Waals surface area (Å²) in [4.78, 5) is 9.67. The predicted molar refractivity (Wildman–Crippen MR) is 122 cm³/mol. The Morgan fingerprint density at radius 2 is 1.67 bits per heavy atom. The second kappa shape index (κ2) is 9.93. The Labute approximate surface area is 181 Å². The van der Waals surface area contributed by atoms with Crippen molar-refractivity contribution in [1.82, 2.24) is 14.8 Å². The number of likely N-dealkylation sites (tertiary alicyclic amines) is 1. The summed E-state index contributed by atoms with van der Waals surface area (Å²) in [6.45, 7) is 9.51. The van der Waals surface area contributed by atoms with Crippen molar-refractivity contribution in [3.63, 3.8) is 0 Å². The van der Waals surface area contributed by atoms with Gasteiger partial charge in [0.15, 0.2) is 0 Å². The van der Waals surface area contributed by atoms with Crippen molar-refractivity contribution in [2.45, 2.75) is 71.5 Å². The number of piperidine rings is 1. The van der Waals surface area contributed by atoms with E-state index in [-0.39, 0.29) is 0 Å². The second-order valence-corrected chi connectivity index (χ2v) is 9.53. The summed E-state index contributed by atoms with van der Waals surface area (Å²) in [7, 11) is 0. The summed E-state index contributed by atoms with van der Waals surface area (Å²) in [5.41, 5.74) is 4.50. The molecule has 0 atom stereocenters. The van der Waals surface area contributed by atoms with E-state index in [9.17, 15) is 5.11 Å². The molecule has 0 bridgehead atoms. The SMILES string of the molecule is Cc1cc(CN(Cc2cccnc2)CC2CCN(C3CCCC3)CC2)cc(C)c1O. The molecule has 30 heavy (non-hydrogen) atoms. The van der Waals surface area contributed by atoms with Crippen molar-refractivity contribution in [3.05, 3.63) is 58.9 Å². The molecule has 1 aromatic carbocycles. The van der Waals surface area contributed by atoms with Gasteiger partial charge in [-0.1, -0.05) is 31.0 Å². The number of hydrogen-bond donors (Lipinski definition) is 1. The van der Waals surface area contributed by atoms with Crippen LogP contribution in [0.25, 0.3) is 0 Å². The van der Waals surface area contributed by atoms with Gasteiger partial charge < -0.3 is 10.0 Å². The molecule has 4 nitrogen and oxygen atoms in total. The van der Waals surface area contributed by atoms with Crippen molar-refractivity contribution in [3.8, 4) is 5.75 Å². The highest BCUT2D eigenvalue weighted by atomic mass is 16.3. The number of aryl methyl sites for hydroxylation is 2. The number of nitrogens with zero attached hydrogens (tertiary/aromatic N) is 3. The van der Waals surface area contributed by atoms with Crippen LogP contribution in [-0.4, -0.2) is 45.6 Å². The Bertz CT molecular complexity index is 785. The Morgan fingerprint density at radius 3 is 2.30 bits per heavy atom. The lowest BCUT2D eigenvalue weighted by Crippen LogP contribution is -2.42. The maximum absolute atomic E-state index is 10.1. The first-order chi connectivity index (χ1) is 14.6. The Hall–Kier alpha value is -1.91. The number of rotatable bonds is 7. The van der Waals surface area contributed by atoms with E-state index in [0.717, 1.165) is 42.7 Å². The van der Waals surface area contributed by atoms with Gasteiger partial charge in [0, 0.05) is 38.1 Å². The molecule has 0 spiro atoms. The lowest BCUT2D eigenvalue weighted by molar-refractivity contribution is 0.107. The van der Waals surface area contributed by atoms with Crippen LogP contribution >= 0.6 is 0 Å². The van der Waals surface area contributed by atoms with Gasteiger partial charge in [-0.3, -0.25) is 9.88 Å². The van der Waals surface area contributed by atoms with E-state index >= 15 is 0 Å². The van der Waals surface area contributed by atoms with E-state index < -0.39 is 0 Å². The van der Waals surface area contributed by atoms with Crippen LogP contribution in [0.2, 0.25) is 0 Å². The molecule has 1 aliphatic carbocycles. The van der Waals surface area contributed by atoms with Gasteiger partial charge in [0.05, 0.1) is 0 Å². The van der Waals surface area contributed by atoms with E-state index in [2.05, 4.69) is 33.0 Å². The molecule has 0 radical (unpaired) electrons. The molecule has 1 saturated heterocycles. The number of hydrogen-bond acceptors (Lipinski definition) is 4.